The fraction of sp³-hybridized carbons (Fsp3) is 0.250. The molecule has 0 radical (unpaired) electrons. The molecule has 1 amide bonds. The monoisotopic (exact) mass is 509 g/mol. The summed E-state index contributed by atoms with van der Waals surface area (Å²) in [6.45, 7) is 7.18. The predicted molar refractivity (Wildman–Crippen MR) is 152 cm³/mol. The minimum absolute atomic E-state index is 0.305. The molecule has 2 N–H and O–H groups in total. The number of benzene rings is 2. The van der Waals surface area contributed by atoms with E-state index in [-0.39, 0.29) is 5.91 Å². The number of amides is 1. The number of likely N-dealkylation sites (N-methyl/N-ethyl adjacent to an activating group) is 2. The predicted octanol–water partition coefficient (Wildman–Crippen LogP) is 4.08. The van der Waals surface area contributed by atoms with Crippen LogP contribution in [0.1, 0.15) is 11.1 Å². The molecule has 2 aromatic carbocycles. The molecule has 0 aliphatic rings. The standard InChI is InChI=1S/C28H31N9O/c1-7-25(38)31-22-15-21(18(2)14-24(22)36(5)13-12-35(3)4)32-28-30-17-19(16-29)26(33-28)27-20-10-8-9-11-23(20)37(6)34-27/h7-11,14-15,17H,1,12-13H2,2-6H3,(H,31,38)(H,30,32,33). The first-order chi connectivity index (χ1) is 18.2. The van der Waals surface area contributed by atoms with Gasteiger partial charge in [-0.25, -0.2) is 9.97 Å². The summed E-state index contributed by atoms with van der Waals surface area (Å²) in [6, 6.07) is 13.8. The van der Waals surface area contributed by atoms with Gasteiger partial charge >= 0.3 is 0 Å². The molecule has 0 saturated carbocycles. The molecule has 10 nitrogen and oxygen atoms in total. The molecule has 2 aromatic heterocycles. The Kier molecular flexibility index (Phi) is 7.69. The van der Waals surface area contributed by atoms with Gasteiger partial charge in [0.25, 0.3) is 0 Å². The van der Waals surface area contributed by atoms with Crippen molar-refractivity contribution in [3.8, 4) is 17.5 Å². The highest BCUT2D eigenvalue weighted by Crippen LogP contribution is 2.34. The Labute approximate surface area is 222 Å². The molecule has 0 saturated heterocycles. The number of nitrogens with zero attached hydrogens (tertiary/aromatic N) is 7. The highest BCUT2D eigenvalue weighted by Gasteiger charge is 2.18. The summed E-state index contributed by atoms with van der Waals surface area (Å²) >= 11 is 0. The second-order valence-electron chi connectivity index (χ2n) is 9.28. The van der Waals surface area contributed by atoms with E-state index in [4.69, 9.17) is 0 Å². The Bertz CT molecular complexity index is 1550. The zero-order valence-electron chi connectivity index (χ0n) is 22.3. The van der Waals surface area contributed by atoms with Crippen LogP contribution < -0.4 is 15.5 Å². The van der Waals surface area contributed by atoms with Crippen molar-refractivity contribution >= 4 is 39.8 Å². The van der Waals surface area contributed by atoms with Crippen LogP contribution in [0.4, 0.5) is 23.0 Å². The van der Waals surface area contributed by atoms with Crippen LogP contribution in [0.5, 0.6) is 0 Å². The van der Waals surface area contributed by atoms with E-state index in [2.05, 4.69) is 48.1 Å². The number of nitriles is 1. The third kappa shape index (κ3) is 5.48. The fourth-order valence-electron chi connectivity index (χ4n) is 4.11. The van der Waals surface area contributed by atoms with Crippen LogP contribution >= 0.6 is 0 Å². The average molecular weight is 510 g/mol. The first-order valence-corrected chi connectivity index (χ1v) is 12.1. The summed E-state index contributed by atoms with van der Waals surface area (Å²) in [7, 11) is 7.89. The molecule has 4 rings (SSSR count). The summed E-state index contributed by atoms with van der Waals surface area (Å²) in [5.41, 5.74) is 5.49. The zero-order chi connectivity index (χ0) is 27.4. The highest BCUT2D eigenvalue weighted by molar-refractivity contribution is 6.02. The first-order valence-electron chi connectivity index (χ1n) is 12.1. The summed E-state index contributed by atoms with van der Waals surface area (Å²) in [5.74, 6) is 0.00699. The first kappa shape index (κ1) is 26.3. The Morgan fingerprint density at radius 1 is 1.16 bits per heavy atom. The maximum Gasteiger partial charge on any atom is 0.247 e. The molecule has 0 unspecified atom stereocenters. The third-order valence-electron chi connectivity index (χ3n) is 6.22. The molecule has 10 heteroatoms. The van der Waals surface area contributed by atoms with E-state index in [1.165, 1.54) is 12.3 Å². The molecular weight excluding hydrogens is 478 g/mol. The van der Waals surface area contributed by atoms with Gasteiger partial charge in [-0.2, -0.15) is 10.4 Å². The Hall–Kier alpha value is -4.75. The summed E-state index contributed by atoms with van der Waals surface area (Å²) in [4.78, 5) is 25.5. The van der Waals surface area contributed by atoms with Crippen LogP contribution in [0.25, 0.3) is 22.3 Å². The van der Waals surface area contributed by atoms with Gasteiger partial charge in [0.05, 0.1) is 28.7 Å². The second kappa shape index (κ2) is 11.1. The lowest BCUT2D eigenvalue weighted by Crippen LogP contribution is -2.29. The quantitative estimate of drug-likeness (QED) is 0.325. The molecule has 2 heterocycles. The maximum atomic E-state index is 12.2. The molecule has 0 aliphatic carbocycles. The van der Waals surface area contributed by atoms with Crippen LogP contribution in [0.3, 0.4) is 0 Å². The Morgan fingerprint density at radius 3 is 2.63 bits per heavy atom. The molecule has 194 valence electrons. The minimum atomic E-state index is -0.305. The van der Waals surface area contributed by atoms with Gasteiger partial charge in [0, 0.05) is 38.3 Å². The van der Waals surface area contributed by atoms with Gasteiger partial charge in [-0.1, -0.05) is 24.8 Å². The van der Waals surface area contributed by atoms with Gasteiger partial charge in [0.2, 0.25) is 11.9 Å². The van der Waals surface area contributed by atoms with Crippen LogP contribution in [-0.4, -0.2) is 64.8 Å². The topological polar surface area (TPSA) is 115 Å². The van der Waals surface area contributed by atoms with Gasteiger partial charge < -0.3 is 20.4 Å². The van der Waals surface area contributed by atoms with Gasteiger partial charge in [-0.05, 0) is 50.9 Å². The number of hydrogen-bond donors (Lipinski definition) is 2. The number of para-hydroxylation sites is 1. The molecule has 38 heavy (non-hydrogen) atoms. The van der Waals surface area contributed by atoms with E-state index in [1.807, 2.05) is 71.5 Å². The number of fused-ring (bicyclic) bond motifs is 1. The normalized spacial score (nSPS) is 10.9. The number of hydrogen-bond acceptors (Lipinski definition) is 8. The van der Waals surface area contributed by atoms with Gasteiger partial charge in [-0.15, -0.1) is 0 Å². The highest BCUT2D eigenvalue weighted by atomic mass is 16.1. The summed E-state index contributed by atoms with van der Waals surface area (Å²) in [6.07, 6.45) is 2.73. The van der Waals surface area contributed by atoms with Crippen molar-refractivity contribution < 1.29 is 4.79 Å². The van der Waals surface area contributed by atoms with E-state index in [1.54, 1.807) is 4.68 Å². The van der Waals surface area contributed by atoms with Crippen molar-refractivity contribution in [1.29, 1.82) is 5.26 Å². The van der Waals surface area contributed by atoms with Crippen molar-refractivity contribution in [2.75, 3.05) is 49.8 Å². The maximum absolute atomic E-state index is 12.2. The van der Waals surface area contributed by atoms with Crippen molar-refractivity contribution in [1.82, 2.24) is 24.6 Å². The molecule has 0 atom stereocenters. The van der Waals surface area contributed by atoms with Crippen molar-refractivity contribution in [3.05, 3.63) is 66.4 Å². The van der Waals surface area contributed by atoms with Crippen molar-refractivity contribution in [2.24, 2.45) is 7.05 Å². The van der Waals surface area contributed by atoms with E-state index >= 15 is 0 Å². The number of aryl methyl sites for hydroxylation is 2. The van der Waals surface area contributed by atoms with E-state index < -0.39 is 0 Å². The Morgan fingerprint density at radius 2 is 1.92 bits per heavy atom. The van der Waals surface area contributed by atoms with Gasteiger partial charge in [0.15, 0.2) is 0 Å². The fourth-order valence-corrected chi connectivity index (χ4v) is 4.11. The number of carbonyl (C=O) groups is 1. The van der Waals surface area contributed by atoms with Crippen LogP contribution in [0.15, 0.2) is 55.3 Å². The van der Waals surface area contributed by atoms with Crippen molar-refractivity contribution in [3.63, 3.8) is 0 Å². The number of rotatable bonds is 9. The molecule has 0 aliphatic heterocycles. The van der Waals surface area contributed by atoms with Crippen LogP contribution in [0.2, 0.25) is 0 Å². The van der Waals surface area contributed by atoms with E-state index in [0.29, 0.717) is 28.6 Å². The lowest BCUT2D eigenvalue weighted by molar-refractivity contribution is -0.111. The zero-order valence-corrected chi connectivity index (χ0v) is 22.3. The second-order valence-corrected chi connectivity index (χ2v) is 9.28. The lowest BCUT2D eigenvalue weighted by atomic mass is 10.1. The average Bonchev–Trinajstić information content (AvgIpc) is 3.25. The largest absolute Gasteiger partial charge is 0.372 e. The number of anilines is 4. The molecular formula is C28H31N9O. The molecule has 4 aromatic rings. The SMILES string of the molecule is C=CC(=O)Nc1cc(Nc2ncc(C#N)c(-c3nn(C)c4ccccc34)n2)c(C)cc1N(C)CCN(C)C. The molecule has 0 bridgehead atoms. The summed E-state index contributed by atoms with van der Waals surface area (Å²) in [5, 5.41) is 21.5. The third-order valence-corrected chi connectivity index (χ3v) is 6.22. The van der Waals surface area contributed by atoms with E-state index in [9.17, 15) is 10.1 Å². The number of carbonyl (C=O) groups excluding carboxylic acids is 1. The summed E-state index contributed by atoms with van der Waals surface area (Å²) < 4.78 is 1.77. The van der Waals surface area contributed by atoms with Crippen molar-refractivity contribution in [2.45, 2.75) is 6.92 Å². The van der Waals surface area contributed by atoms with Gasteiger partial charge in [-0.3, -0.25) is 9.48 Å². The minimum Gasteiger partial charge on any atom is -0.372 e. The van der Waals surface area contributed by atoms with Crippen LogP contribution in [-0.2, 0) is 11.8 Å². The number of nitrogens with one attached hydrogen (secondary N) is 2. The smallest absolute Gasteiger partial charge is 0.247 e. The molecule has 0 spiro atoms. The Balaban J connectivity index is 1.74. The van der Waals surface area contributed by atoms with Crippen LogP contribution in [0, 0.1) is 18.3 Å². The van der Waals surface area contributed by atoms with Gasteiger partial charge in [0.1, 0.15) is 17.5 Å². The lowest BCUT2D eigenvalue weighted by Gasteiger charge is -2.25. The van der Waals surface area contributed by atoms with E-state index in [0.717, 1.165) is 40.9 Å². The molecule has 0 fully saturated rings. The number of aromatic nitrogens is 4.